The Hall–Kier alpha value is -3.25. The number of nitrogens with zero attached hydrogens (tertiary/aromatic N) is 1. The van der Waals surface area contributed by atoms with Crippen molar-refractivity contribution in [2.75, 3.05) is 0 Å². The molecule has 0 atom stereocenters. The summed E-state index contributed by atoms with van der Waals surface area (Å²) in [6.07, 6.45) is 3.63. The van der Waals surface area contributed by atoms with E-state index >= 15 is 0 Å². The largest absolute Gasteiger partial charge is 0.489 e. The van der Waals surface area contributed by atoms with E-state index in [1.54, 1.807) is 48.5 Å². The molecule has 1 aromatic heterocycles. The maximum absolute atomic E-state index is 11.2. The van der Waals surface area contributed by atoms with Crippen molar-refractivity contribution in [3.63, 3.8) is 0 Å². The predicted octanol–water partition coefficient (Wildman–Crippen LogP) is 8.87. The van der Waals surface area contributed by atoms with E-state index in [1.807, 2.05) is 38.1 Å². The fraction of sp³-hybridized carbons (Fsp3) is 0.143. The standard InChI is InChI=1S/C28H22Cl3NO4/c1-16(2)27-21(26(32-36-27)25-22(29)7-4-8-23(25)30)15-35-20-12-11-18(24(31)14-20)10-9-17-5-3-6-19(13-17)28(33)34/h3-14,16H,15H2,1-2H3,(H,33,34)/b10-9-. The summed E-state index contributed by atoms with van der Waals surface area (Å²) >= 11 is 19.3. The summed E-state index contributed by atoms with van der Waals surface area (Å²) in [7, 11) is 0. The van der Waals surface area contributed by atoms with Crippen LogP contribution in [0.3, 0.4) is 0 Å². The van der Waals surface area contributed by atoms with Gasteiger partial charge in [-0.1, -0.05) is 84.2 Å². The number of halogens is 3. The summed E-state index contributed by atoms with van der Waals surface area (Å²) in [5.74, 6) is 0.354. The van der Waals surface area contributed by atoms with Gasteiger partial charge >= 0.3 is 5.97 Å². The Morgan fingerprint density at radius 2 is 1.72 bits per heavy atom. The van der Waals surface area contributed by atoms with E-state index in [2.05, 4.69) is 5.16 Å². The van der Waals surface area contributed by atoms with E-state index in [1.165, 1.54) is 0 Å². The zero-order valence-corrected chi connectivity index (χ0v) is 21.7. The molecule has 5 nitrogen and oxygen atoms in total. The molecule has 0 aliphatic rings. The van der Waals surface area contributed by atoms with E-state index in [4.69, 9.17) is 49.2 Å². The van der Waals surface area contributed by atoms with Crippen molar-refractivity contribution in [1.82, 2.24) is 5.16 Å². The number of rotatable bonds is 8. The topological polar surface area (TPSA) is 72.6 Å². The summed E-state index contributed by atoms with van der Waals surface area (Å²) in [6, 6.07) is 17.3. The monoisotopic (exact) mass is 541 g/mol. The molecule has 4 aromatic rings. The lowest BCUT2D eigenvalue weighted by Crippen LogP contribution is -2.01. The van der Waals surface area contributed by atoms with Crippen LogP contribution in [0.15, 0.2) is 65.2 Å². The lowest BCUT2D eigenvalue weighted by Gasteiger charge is -2.11. The van der Waals surface area contributed by atoms with Gasteiger partial charge in [-0.3, -0.25) is 0 Å². The normalized spacial score (nSPS) is 11.4. The van der Waals surface area contributed by atoms with Crippen LogP contribution < -0.4 is 4.74 Å². The molecular weight excluding hydrogens is 521 g/mol. The first kappa shape index (κ1) is 25.8. The SMILES string of the molecule is CC(C)c1onc(-c2c(Cl)cccc2Cl)c1COc1ccc(/C=C\c2cccc(C(=O)O)c2)c(Cl)c1. The minimum atomic E-state index is -0.974. The van der Waals surface area contributed by atoms with Crippen LogP contribution in [-0.4, -0.2) is 16.2 Å². The fourth-order valence-electron chi connectivity index (χ4n) is 3.69. The van der Waals surface area contributed by atoms with E-state index < -0.39 is 5.97 Å². The lowest BCUT2D eigenvalue weighted by atomic mass is 10.0. The van der Waals surface area contributed by atoms with Crippen LogP contribution in [0, 0.1) is 0 Å². The van der Waals surface area contributed by atoms with Gasteiger partial charge in [0.25, 0.3) is 0 Å². The van der Waals surface area contributed by atoms with E-state index in [-0.39, 0.29) is 18.1 Å². The molecule has 1 heterocycles. The number of aromatic nitrogens is 1. The summed E-state index contributed by atoms with van der Waals surface area (Å²) in [6.45, 7) is 4.19. The Morgan fingerprint density at radius 1 is 1.00 bits per heavy atom. The molecule has 0 fully saturated rings. The highest BCUT2D eigenvalue weighted by molar-refractivity contribution is 6.39. The molecule has 0 unspecified atom stereocenters. The molecule has 0 aliphatic carbocycles. The molecule has 0 aliphatic heterocycles. The van der Waals surface area contributed by atoms with Gasteiger partial charge in [-0.15, -0.1) is 0 Å². The lowest BCUT2D eigenvalue weighted by molar-refractivity contribution is 0.0697. The van der Waals surface area contributed by atoms with Crippen LogP contribution in [0.2, 0.25) is 15.1 Å². The third-order valence-electron chi connectivity index (χ3n) is 5.49. The summed E-state index contributed by atoms with van der Waals surface area (Å²) in [4.78, 5) is 11.2. The molecule has 8 heteroatoms. The van der Waals surface area contributed by atoms with Crippen molar-refractivity contribution in [3.05, 3.63) is 104 Å². The van der Waals surface area contributed by atoms with Crippen molar-refractivity contribution >= 4 is 52.9 Å². The van der Waals surface area contributed by atoms with Gasteiger partial charge in [0, 0.05) is 11.5 Å². The average molecular weight is 543 g/mol. The Kier molecular flexibility index (Phi) is 8.04. The van der Waals surface area contributed by atoms with Crippen LogP contribution in [0.25, 0.3) is 23.4 Å². The van der Waals surface area contributed by atoms with E-state index in [0.717, 1.165) is 16.7 Å². The van der Waals surface area contributed by atoms with Crippen molar-refractivity contribution in [2.24, 2.45) is 0 Å². The molecule has 0 spiro atoms. The third kappa shape index (κ3) is 5.76. The molecule has 184 valence electrons. The maximum atomic E-state index is 11.2. The number of benzene rings is 3. The van der Waals surface area contributed by atoms with Crippen LogP contribution in [0.1, 0.15) is 52.6 Å². The highest BCUT2D eigenvalue weighted by Crippen LogP contribution is 2.39. The van der Waals surface area contributed by atoms with Crippen molar-refractivity contribution in [1.29, 1.82) is 0 Å². The number of carboxylic acid groups (broad SMARTS) is 1. The summed E-state index contributed by atoms with van der Waals surface area (Å²) < 4.78 is 11.7. The number of ether oxygens (including phenoxy) is 1. The van der Waals surface area contributed by atoms with Gasteiger partial charge < -0.3 is 14.4 Å². The van der Waals surface area contributed by atoms with E-state index in [0.29, 0.717) is 37.8 Å². The van der Waals surface area contributed by atoms with Crippen LogP contribution >= 0.6 is 34.8 Å². The Balaban J connectivity index is 1.55. The van der Waals surface area contributed by atoms with Gasteiger partial charge in [0.1, 0.15) is 23.8 Å². The van der Waals surface area contributed by atoms with Crippen molar-refractivity contribution < 1.29 is 19.2 Å². The molecule has 36 heavy (non-hydrogen) atoms. The first-order chi connectivity index (χ1) is 17.2. The molecule has 0 saturated carbocycles. The van der Waals surface area contributed by atoms with Crippen LogP contribution in [0.4, 0.5) is 0 Å². The maximum Gasteiger partial charge on any atom is 0.335 e. The first-order valence-corrected chi connectivity index (χ1v) is 12.2. The zero-order chi connectivity index (χ0) is 25.8. The predicted molar refractivity (Wildman–Crippen MR) is 144 cm³/mol. The quantitative estimate of drug-likeness (QED) is 0.225. The fourth-order valence-corrected chi connectivity index (χ4v) is 4.50. The highest BCUT2D eigenvalue weighted by Gasteiger charge is 2.23. The molecule has 3 aromatic carbocycles. The van der Waals surface area contributed by atoms with Gasteiger partial charge in [-0.2, -0.15) is 0 Å². The number of carbonyl (C=O) groups is 1. The second-order valence-corrected chi connectivity index (χ2v) is 9.58. The van der Waals surface area contributed by atoms with Gasteiger partial charge in [-0.05, 0) is 53.6 Å². The molecule has 0 saturated heterocycles. The average Bonchev–Trinajstić information content (AvgIpc) is 3.26. The smallest absolute Gasteiger partial charge is 0.335 e. The number of hydrogen-bond donors (Lipinski definition) is 1. The molecule has 0 radical (unpaired) electrons. The molecule has 1 N–H and O–H groups in total. The highest BCUT2D eigenvalue weighted by atomic mass is 35.5. The minimum absolute atomic E-state index is 0.0712. The van der Waals surface area contributed by atoms with Gasteiger partial charge in [0.2, 0.25) is 0 Å². The van der Waals surface area contributed by atoms with Crippen LogP contribution in [0.5, 0.6) is 5.75 Å². The number of aromatic carboxylic acids is 1. The second kappa shape index (κ2) is 11.2. The molecule has 0 bridgehead atoms. The Labute approximate surface area is 223 Å². The minimum Gasteiger partial charge on any atom is -0.489 e. The number of hydrogen-bond acceptors (Lipinski definition) is 4. The van der Waals surface area contributed by atoms with E-state index in [9.17, 15) is 4.79 Å². The first-order valence-electron chi connectivity index (χ1n) is 11.1. The number of carboxylic acids is 1. The third-order valence-corrected chi connectivity index (χ3v) is 6.44. The van der Waals surface area contributed by atoms with Gasteiger partial charge in [0.05, 0.1) is 26.2 Å². The second-order valence-electron chi connectivity index (χ2n) is 8.36. The Bertz CT molecular complexity index is 1420. The van der Waals surface area contributed by atoms with Crippen molar-refractivity contribution in [2.45, 2.75) is 26.4 Å². The molecule has 0 amide bonds. The molecule has 4 rings (SSSR count). The Morgan fingerprint density at radius 3 is 2.39 bits per heavy atom. The zero-order valence-electron chi connectivity index (χ0n) is 19.5. The molecular formula is C28H22Cl3NO4. The van der Waals surface area contributed by atoms with Gasteiger partial charge in [0.15, 0.2) is 0 Å². The van der Waals surface area contributed by atoms with Crippen molar-refractivity contribution in [3.8, 4) is 17.0 Å². The van der Waals surface area contributed by atoms with Crippen LogP contribution in [-0.2, 0) is 6.61 Å². The summed E-state index contributed by atoms with van der Waals surface area (Å²) in [5, 5.41) is 14.8. The van der Waals surface area contributed by atoms with Gasteiger partial charge in [-0.25, -0.2) is 4.79 Å². The summed E-state index contributed by atoms with van der Waals surface area (Å²) in [5.41, 5.74) is 3.65.